The van der Waals surface area contributed by atoms with E-state index in [0.29, 0.717) is 24.7 Å². The molecule has 0 N–H and O–H groups in total. The third-order valence-electron chi connectivity index (χ3n) is 7.97. The minimum Gasteiger partial charge on any atom is -0.459 e. The molecule has 0 spiro atoms. The summed E-state index contributed by atoms with van der Waals surface area (Å²) in [6.45, 7) is -0.708. The van der Waals surface area contributed by atoms with Crippen molar-refractivity contribution in [1.82, 2.24) is 0 Å². The van der Waals surface area contributed by atoms with Gasteiger partial charge in [0.25, 0.3) is 0 Å². The molecule has 2 saturated carbocycles. The maximum Gasteiger partial charge on any atom is 0.384 e. The first-order valence-electron chi connectivity index (χ1n) is 12.7. The molecule has 2 aliphatic rings. The molecule has 2 aliphatic carbocycles. The zero-order valence-corrected chi connectivity index (χ0v) is 20.7. The van der Waals surface area contributed by atoms with Gasteiger partial charge in [-0.25, -0.2) is 8.78 Å². The summed E-state index contributed by atoms with van der Waals surface area (Å²) in [5.74, 6) is -36.9. The highest BCUT2D eigenvalue weighted by Gasteiger charge is 2.87. The van der Waals surface area contributed by atoms with Gasteiger partial charge in [0.1, 0.15) is 0 Å². The second kappa shape index (κ2) is 12.0. The number of hydrogen-bond donors (Lipinski definition) is 0. The predicted molar refractivity (Wildman–Crippen MR) is 112 cm³/mol. The Morgan fingerprint density at radius 3 is 1.66 bits per heavy atom. The molecule has 38 heavy (non-hydrogen) atoms. The number of ether oxygens (including phenoxy) is 1. The van der Waals surface area contributed by atoms with E-state index < -0.39 is 54.5 Å². The van der Waals surface area contributed by atoms with Gasteiger partial charge in [0.2, 0.25) is 0 Å². The number of carbonyl (C=O) groups is 1. The lowest BCUT2D eigenvalue weighted by Crippen LogP contribution is -2.69. The molecule has 0 unspecified atom stereocenters. The zero-order chi connectivity index (χ0) is 29.2. The standard InChI is InChI=1S/C24H32F12O2/c1-2-3-4-14-5-7-15(8-6-14)16-9-11-17(12-10-16)18(37)38-13-20(27,28)22(31,32)24(35,36)23(33,34)21(29,30)19(25)26/h14-17,19H,2-13H2,1H3/t14-,15-,16-,17-. The average Bonchev–Trinajstić information content (AvgIpc) is 2.85. The Hall–Kier alpha value is -1.37. The summed E-state index contributed by atoms with van der Waals surface area (Å²) in [5, 5.41) is 0. The van der Waals surface area contributed by atoms with E-state index >= 15 is 0 Å². The monoisotopic (exact) mass is 580 g/mol. The smallest absolute Gasteiger partial charge is 0.384 e. The molecular weight excluding hydrogens is 548 g/mol. The summed E-state index contributed by atoms with van der Waals surface area (Å²) in [4.78, 5) is 12.1. The van der Waals surface area contributed by atoms with Crippen molar-refractivity contribution in [2.45, 2.75) is 114 Å². The number of esters is 1. The lowest BCUT2D eigenvalue weighted by molar-refractivity contribution is -0.414. The van der Waals surface area contributed by atoms with Crippen molar-refractivity contribution in [3.8, 4) is 0 Å². The van der Waals surface area contributed by atoms with Crippen molar-refractivity contribution < 1.29 is 62.2 Å². The van der Waals surface area contributed by atoms with Gasteiger partial charge in [0.05, 0.1) is 5.92 Å². The van der Waals surface area contributed by atoms with Crippen LogP contribution in [0.1, 0.15) is 77.6 Å². The summed E-state index contributed by atoms with van der Waals surface area (Å²) in [6.07, 6.45) is 3.42. The lowest BCUT2D eigenvalue weighted by Gasteiger charge is -2.39. The fraction of sp³-hybridized carbons (Fsp3) is 0.958. The van der Waals surface area contributed by atoms with Crippen molar-refractivity contribution >= 4 is 5.97 Å². The molecule has 0 bridgehead atoms. The molecule has 0 aliphatic heterocycles. The second-order valence-corrected chi connectivity index (χ2v) is 10.5. The van der Waals surface area contributed by atoms with Gasteiger partial charge in [-0.2, -0.15) is 43.9 Å². The molecule has 0 aromatic carbocycles. The van der Waals surface area contributed by atoms with Gasteiger partial charge < -0.3 is 4.74 Å². The lowest BCUT2D eigenvalue weighted by atomic mass is 9.68. The van der Waals surface area contributed by atoms with Crippen LogP contribution < -0.4 is 0 Å². The molecule has 2 nitrogen and oxygen atoms in total. The van der Waals surface area contributed by atoms with Crippen LogP contribution in [0, 0.1) is 23.7 Å². The second-order valence-electron chi connectivity index (χ2n) is 10.5. The fourth-order valence-electron chi connectivity index (χ4n) is 5.41. The number of rotatable bonds is 12. The Bertz CT molecular complexity index is 770. The molecular formula is C24H32F12O2. The van der Waals surface area contributed by atoms with E-state index in [1.54, 1.807) is 0 Å². The van der Waals surface area contributed by atoms with Gasteiger partial charge in [-0.15, -0.1) is 0 Å². The normalized spacial score (nSPS) is 26.5. The summed E-state index contributed by atoms with van der Waals surface area (Å²) in [7, 11) is 0. The Morgan fingerprint density at radius 2 is 1.21 bits per heavy atom. The zero-order valence-electron chi connectivity index (χ0n) is 20.7. The molecule has 2 fully saturated rings. The number of alkyl halides is 12. The quantitative estimate of drug-likeness (QED) is 0.170. The number of hydrogen-bond acceptors (Lipinski definition) is 2. The third kappa shape index (κ3) is 6.33. The van der Waals surface area contributed by atoms with Gasteiger partial charge in [-0.3, -0.25) is 4.79 Å². The van der Waals surface area contributed by atoms with Crippen LogP contribution in [0.4, 0.5) is 52.7 Å². The summed E-state index contributed by atoms with van der Waals surface area (Å²) in [5.41, 5.74) is 0. The first kappa shape index (κ1) is 32.8. The Labute approximate surface area is 212 Å². The van der Waals surface area contributed by atoms with Crippen LogP contribution in [0.5, 0.6) is 0 Å². The van der Waals surface area contributed by atoms with E-state index in [2.05, 4.69) is 11.7 Å². The van der Waals surface area contributed by atoms with Crippen LogP contribution in [0.15, 0.2) is 0 Å². The van der Waals surface area contributed by atoms with Gasteiger partial charge in [-0.1, -0.05) is 39.0 Å². The third-order valence-corrected chi connectivity index (χ3v) is 7.97. The van der Waals surface area contributed by atoms with Crippen LogP contribution in [0.25, 0.3) is 0 Å². The molecule has 0 heterocycles. The first-order valence-corrected chi connectivity index (χ1v) is 12.7. The van der Waals surface area contributed by atoms with E-state index in [1.165, 1.54) is 6.42 Å². The van der Waals surface area contributed by atoms with Crippen molar-refractivity contribution in [2.75, 3.05) is 6.61 Å². The van der Waals surface area contributed by atoms with E-state index in [9.17, 15) is 57.5 Å². The van der Waals surface area contributed by atoms with Crippen LogP contribution in [-0.4, -0.2) is 48.6 Å². The summed E-state index contributed by atoms with van der Waals surface area (Å²) < 4.78 is 163. The molecule has 0 atom stereocenters. The van der Waals surface area contributed by atoms with Gasteiger partial charge in [0.15, 0.2) is 6.61 Å². The maximum absolute atomic E-state index is 13.9. The van der Waals surface area contributed by atoms with Crippen LogP contribution >= 0.6 is 0 Å². The van der Waals surface area contributed by atoms with Gasteiger partial charge >= 0.3 is 42.0 Å². The Morgan fingerprint density at radius 1 is 0.737 bits per heavy atom. The van der Waals surface area contributed by atoms with Gasteiger partial charge in [-0.05, 0) is 56.3 Å². The minimum atomic E-state index is -7.62. The fourth-order valence-corrected chi connectivity index (χ4v) is 5.41. The molecule has 2 rings (SSSR count). The first-order chi connectivity index (χ1) is 17.3. The molecule has 0 aromatic heterocycles. The topological polar surface area (TPSA) is 26.3 Å². The summed E-state index contributed by atoms with van der Waals surface area (Å²) in [6, 6.07) is 0. The van der Waals surface area contributed by atoms with Crippen LogP contribution in [0.3, 0.4) is 0 Å². The van der Waals surface area contributed by atoms with Crippen molar-refractivity contribution in [1.29, 1.82) is 0 Å². The van der Waals surface area contributed by atoms with E-state index in [0.717, 1.165) is 38.5 Å². The van der Waals surface area contributed by atoms with E-state index in [1.807, 2.05) is 0 Å². The molecule has 0 aromatic rings. The number of halogens is 12. The van der Waals surface area contributed by atoms with Crippen LogP contribution in [-0.2, 0) is 9.53 Å². The maximum atomic E-state index is 13.9. The average molecular weight is 580 g/mol. The highest BCUT2D eigenvalue weighted by Crippen LogP contribution is 2.58. The molecule has 224 valence electrons. The van der Waals surface area contributed by atoms with Crippen LogP contribution in [0.2, 0.25) is 0 Å². The van der Waals surface area contributed by atoms with Crippen molar-refractivity contribution in [3.05, 3.63) is 0 Å². The summed E-state index contributed by atoms with van der Waals surface area (Å²) >= 11 is 0. The van der Waals surface area contributed by atoms with Crippen molar-refractivity contribution in [3.63, 3.8) is 0 Å². The van der Waals surface area contributed by atoms with E-state index in [-0.39, 0.29) is 18.8 Å². The highest BCUT2D eigenvalue weighted by atomic mass is 19.4. The van der Waals surface area contributed by atoms with Gasteiger partial charge in [0, 0.05) is 0 Å². The Balaban J connectivity index is 1.93. The number of carbonyl (C=O) groups excluding carboxylic acids is 1. The van der Waals surface area contributed by atoms with E-state index in [4.69, 9.17) is 0 Å². The Kier molecular flexibility index (Phi) is 10.4. The predicted octanol–water partition coefficient (Wildman–Crippen LogP) is 8.77. The molecule has 0 amide bonds. The van der Waals surface area contributed by atoms with Crippen molar-refractivity contribution in [2.24, 2.45) is 23.7 Å². The molecule has 0 saturated heterocycles. The minimum absolute atomic E-state index is 0.149. The number of unbranched alkanes of at least 4 members (excludes halogenated alkanes) is 1. The molecule has 0 radical (unpaired) electrons. The largest absolute Gasteiger partial charge is 0.459 e. The SMILES string of the molecule is CCCC[C@H]1CC[C@H]([C@H]2CC[C@H](C(=O)OCC(F)(F)C(F)(F)C(F)(F)C(F)(F)C(F)(F)C(F)F)CC2)CC1. The molecule has 14 heteroatoms. The highest BCUT2D eigenvalue weighted by molar-refractivity contribution is 5.72.